The average molecular weight is 276 g/mol. The number of nitrogens with one attached hydrogen (secondary N) is 1. The molecule has 1 aliphatic carbocycles. The van der Waals surface area contributed by atoms with Crippen LogP contribution in [0.1, 0.15) is 35.7 Å². The number of carbonyl (C=O) groups excluding carboxylic acids is 1. The van der Waals surface area contributed by atoms with E-state index in [1.54, 1.807) is 19.0 Å². The summed E-state index contributed by atoms with van der Waals surface area (Å²) < 4.78 is 5.57. The fraction of sp³-hybridized carbons (Fsp3) is 0.562. The summed E-state index contributed by atoms with van der Waals surface area (Å²) in [5.41, 5.74) is 2.95. The normalized spacial score (nSPS) is 21.2. The number of nitrogens with zero attached hydrogens (tertiary/aromatic N) is 1. The van der Waals surface area contributed by atoms with Crippen LogP contribution in [0.4, 0.5) is 5.69 Å². The molecule has 0 unspecified atom stereocenters. The molecule has 1 N–H and O–H groups in total. The Labute approximate surface area is 121 Å². The van der Waals surface area contributed by atoms with Crippen LogP contribution in [0.25, 0.3) is 0 Å². The van der Waals surface area contributed by atoms with Crippen molar-refractivity contribution in [3.63, 3.8) is 0 Å². The Hall–Kier alpha value is -1.55. The molecule has 1 fully saturated rings. The molecule has 1 saturated carbocycles. The fourth-order valence-electron chi connectivity index (χ4n) is 2.44. The maximum Gasteiger partial charge on any atom is 0.253 e. The standard InChI is InChI=1S/C16H24N2O2/c1-5-20-14-9-13(10-14)17-15-8-12(7-6-11(15)2)16(19)18(3)4/h6-8,13-14,17H,5,9-10H2,1-4H3. The number of amides is 1. The van der Waals surface area contributed by atoms with E-state index in [4.69, 9.17) is 4.74 Å². The van der Waals surface area contributed by atoms with Gasteiger partial charge in [0, 0.05) is 38.0 Å². The van der Waals surface area contributed by atoms with Gasteiger partial charge in [-0.2, -0.15) is 0 Å². The number of carbonyl (C=O) groups is 1. The molecule has 20 heavy (non-hydrogen) atoms. The second kappa shape index (κ2) is 6.27. The number of aryl methyl sites for hydroxylation is 1. The minimum absolute atomic E-state index is 0.0360. The molecule has 2 rings (SSSR count). The van der Waals surface area contributed by atoms with E-state index in [9.17, 15) is 4.79 Å². The Morgan fingerprint density at radius 1 is 1.40 bits per heavy atom. The second-order valence-corrected chi connectivity index (χ2v) is 5.62. The summed E-state index contributed by atoms with van der Waals surface area (Å²) in [7, 11) is 3.54. The molecule has 1 aromatic rings. The highest BCUT2D eigenvalue weighted by Crippen LogP contribution is 2.28. The van der Waals surface area contributed by atoms with Crippen LogP contribution in [-0.4, -0.2) is 43.7 Å². The molecule has 4 nitrogen and oxygen atoms in total. The summed E-state index contributed by atoms with van der Waals surface area (Å²) in [5.74, 6) is 0.0360. The largest absolute Gasteiger partial charge is 0.382 e. The van der Waals surface area contributed by atoms with Gasteiger partial charge in [-0.3, -0.25) is 4.79 Å². The first-order chi connectivity index (χ1) is 9.51. The number of benzene rings is 1. The number of anilines is 1. The van der Waals surface area contributed by atoms with E-state index in [0.29, 0.717) is 12.1 Å². The number of ether oxygens (including phenoxy) is 1. The van der Waals surface area contributed by atoms with Crippen LogP contribution in [0.5, 0.6) is 0 Å². The zero-order chi connectivity index (χ0) is 14.7. The lowest BCUT2D eigenvalue weighted by atomic mass is 9.88. The molecular weight excluding hydrogens is 252 g/mol. The molecule has 110 valence electrons. The lowest BCUT2D eigenvalue weighted by molar-refractivity contribution is 0.00297. The van der Waals surface area contributed by atoms with Crippen molar-refractivity contribution in [1.82, 2.24) is 4.90 Å². The first kappa shape index (κ1) is 14.9. The van der Waals surface area contributed by atoms with Gasteiger partial charge in [0.05, 0.1) is 6.10 Å². The zero-order valence-corrected chi connectivity index (χ0v) is 12.8. The summed E-state index contributed by atoms with van der Waals surface area (Å²) in [6, 6.07) is 6.28. The Balaban J connectivity index is 2.01. The minimum Gasteiger partial charge on any atom is -0.382 e. The monoisotopic (exact) mass is 276 g/mol. The molecule has 4 heteroatoms. The maximum atomic E-state index is 12.0. The Bertz CT molecular complexity index is 479. The predicted octanol–water partition coefficient (Wildman–Crippen LogP) is 2.68. The molecule has 0 atom stereocenters. The van der Waals surface area contributed by atoms with E-state index in [0.717, 1.165) is 30.7 Å². The third-order valence-corrected chi connectivity index (χ3v) is 3.75. The highest BCUT2D eigenvalue weighted by atomic mass is 16.5. The van der Waals surface area contributed by atoms with Crippen molar-refractivity contribution in [2.75, 3.05) is 26.0 Å². The molecule has 0 radical (unpaired) electrons. The third kappa shape index (κ3) is 3.31. The zero-order valence-electron chi connectivity index (χ0n) is 12.8. The quantitative estimate of drug-likeness (QED) is 0.899. The number of rotatable bonds is 5. The van der Waals surface area contributed by atoms with Crippen LogP contribution in [0, 0.1) is 6.92 Å². The first-order valence-electron chi connectivity index (χ1n) is 7.21. The van der Waals surface area contributed by atoms with Crippen LogP contribution >= 0.6 is 0 Å². The van der Waals surface area contributed by atoms with Gasteiger partial charge in [-0.1, -0.05) is 6.07 Å². The average Bonchev–Trinajstić information content (AvgIpc) is 2.37. The van der Waals surface area contributed by atoms with Gasteiger partial charge in [0.25, 0.3) is 5.91 Å². The van der Waals surface area contributed by atoms with E-state index in [-0.39, 0.29) is 5.91 Å². The van der Waals surface area contributed by atoms with E-state index in [2.05, 4.69) is 12.2 Å². The lowest BCUT2D eigenvalue weighted by Crippen LogP contribution is -2.41. The van der Waals surface area contributed by atoms with Crippen LogP contribution in [0.15, 0.2) is 18.2 Å². The Morgan fingerprint density at radius 2 is 2.10 bits per heavy atom. The van der Waals surface area contributed by atoms with Crippen molar-refractivity contribution < 1.29 is 9.53 Å². The van der Waals surface area contributed by atoms with Crippen molar-refractivity contribution in [2.24, 2.45) is 0 Å². The van der Waals surface area contributed by atoms with Gasteiger partial charge < -0.3 is 15.0 Å². The Morgan fingerprint density at radius 3 is 2.70 bits per heavy atom. The van der Waals surface area contributed by atoms with Gasteiger partial charge in [-0.05, 0) is 44.4 Å². The molecule has 1 aliphatic rings. The van der Waals surface area contributed by atoms with Gasteiger partial charge in [-0.15, -0.1) is 0 Å². The first-order valence-corrected chi connectivity index (χ1v) is 7.21. The number of hydrogen-bond donors (Lipinski definition) is 1. The molecule has 0 bridgehead atoms. The van der Waals surface area contributed by atoms with Gasteiger partial charge in [0.1, 0.15) is 0 Å². The van der Waals surface area contributed by atoms with Crippen LogP contribution < -0.4 is 5.32 Å². The summed E-state index contributed by atoms with van der Waals surface area (Å²) >= 11 is 0. The van der Waals surface area contributed by atoms with E-state index < -0.39 is 0 Å². The fourth-order valence-corrected chi connectivity index (χ4v) is 2.44. The van der Waals surface area contributed by atoms with Crippen molar-refractivity contribution in [1.29, 1.82) is 0 Å². The van der Waals surface area contributed by atoms with Crippen LogP contribution in [0.2, 0.25) is 0 Å². The summed E-state index contributed by atoms with van der Waals surface area (Å²) in [6.45, 7) is 4.87. The van der Waals surface area contributed by atoms with Gasteiger partial charge >= 0.3 is 0 Å². The smallest absolute Gasteiger partial charge is 0.253 e. The molecule has 0 aliphatic heterocycles. The summed E-state index contributed by atoms with van der Waals surface area (Å²) in [5, 5.41) is 3.52. The van der Waals surface area contributed by atoms with E-state index in [1.165, 1.54) is 5.56 Å². The third-order valence-electron chi connectivity index (χ3n) is 3.75. The van der Waals surface area contributed by atoms with Crippen LogP contribution in [0.3, 0.4) is 0 Å². The molecule has 0 saturated heterocycles. The van der Waals surface area contributed by atoms with E-state index >= 15 is 0 Å². The van der Waals surface area contributed by atoms with Crippen molar-refractivity contribution >= 4 is 11.6 Å². The van der Waals surface area contributed by atoms with Crippen molar-refractivity contribution in [2.45, 2.75) is 38.8 Å². The highest BCUT2D eigenvalue weighted by molar-refractivity contribution is 5.95. The minimum atomic E-state index is 0.0360. The Kier molecular flexibility index (Phi) is 4.65. The van der Waals surface area contributed by atoms with Crippen molar-refractivity contribution in [3.8, 4) is 0 Å². The molecule has 0 heterocycles. The predicted molar refractivity (Wildman–Crippen MR) is 81.3 cm³/mol. The van der Waals surface area contributed by atoms with Gasteiger partial charge in [0.15, 0.2) is 0 Å². The summed E-state index contributed by atoms with van der Waals surface area (Å²) in [6.07, 6.45) is 2.47. The highest BCUT2D eigenvalue weighted by Gasteiger charge is 2.29. The topological polar surface area (TPSA) is 41.6 Å². The molecule has 0 spiro atoms. The van der Waals surface area contributed by atoms with Crippen molar-refractivity contribution in [3.05, 3.63) is 29.3 Å². The van der Waals surface area contributed by atoms with Gasteiger partial charge in [0.2, 0.25) is 0 Å². The molecule has 1 amide bonds. The van der Waals surface area contributed by atoms with Crippen LogP contribution in [-0.2, 0) is 4.74 Å². The lowest BCUT2D eigenvalue weighted by Gasteiger charge is -2.36. The molecule has 0 aromatic heterocycles. The second-order valence-electron chi connectivity index (χ2n) is 5.62. The molecule has 1 aromatic carbocycles. The van der Waals surface area contributed by atoms with E-state index in [1.807, 2.05) is 25.1 Å². The SMILES string of the molecule is CCOC1CC(Nc2cc(C(=O)N(C)C)ccc2C)C1. The van der Waals surface area contributed by atoms with Gasteiger partial charge in [-0.25, -0.2) is 0 Å². The number of hydrogen-bond acceptors (Lipinski definition) is 3. The maximum absolute atomic E-state index is 12.0. The molecular formula is C16H24N2O2. The summed E-state index contributed by atoms with van der Waals surface area (Å²) in [4.78, 5) is 13.6.